The third-order valence-corrected chi connectivity index (χ3v) is 3.31. The molecule has 0 spiro atoms. The Morgan fingerprint density at radius 1 is 1.25 bits per heavy atom. The van der Waals surface area contributed by atoms with E-state index in [1.54, 1.807) is 0 Å². The molecule has 0 aromatic rings. The van der Waals surface area contributed by atoms with Crippen LogP contribution in [0.5, 0.6) is 0 Å². The number of hydrogen-bond acceptors (Lipinski definition) is 2. The van der Waals surface area contributed by atoms with Crippen molar-refractivity contribution in [1.29, 1.82) is 0 Å². The van der Waals surface area contributed by atoms with Crippen LogP contribution >= 0.6 is 12.6 Å². The molecule has 0 saturated carbocycles. The SMILES string of the molecule is CC(C)C1COCCC1C(C)S. The Labute approximate surface area is 81.3 Å². The van der Waals surface area contributed by atoms with Crippen molar-refractivity contribution in [3.05, 3.63) is 0 Å². The Bertz CT molecular complexity index is 118. The zero-order chi connectivity index (χ0) is 9.14. The number of ether oxygens (including phenoxy) is 1. The van der Waals surface area contributed by atoms with Gasteiger partial charge in [-0.25, -0.2) is 0 Å². The summed E-state index contributed by atoms with van der Waals surface area (Å²) in [5.74, 6) is 2.19. The van der Waals surface area contributed by atoms with Crippen LogP contribution in [0.4, 0.5) is 0 Å². The van der Waals surface area contributed by atoms with Crippen LogP contribution in [0.3, 0.4) is 0 Å². The van der Waals surface area contributed by atoms with E-state index in [1.807, 2.05) is 0 Å². The molecule has 0 N–H and O–H groups in total. The summed E-state index contributed by atoms with van der Waals surface area (Å²) in [5, 5.41) is 0.515. The number of hydrogen-bond donors (Lipinski definition) is 1. The smallest absolute Gasteiger partial charge is 0.0499 e. The topological polar surface area (TPSA) is 9.23 Å². The van der Waals surface area contributed by atoms with Gasteiger partial charge in [0.05, 0.1) is 0 Å². The minimum Gasteiger partial charge on any atom is -0.381 e. The highest BCUT2D eigenvalue weighted by atomic mass is 32.1. The van der Waals surface area contributed by atoms with Crippen LogP contribution in [0, 0.1) is 17.8 Å². The predicted octanol–water partition coefficient (Wildman–Crippen LogP) is 2.61. The van der Waals surface area contributed by atoms with Gasteiger partial charge in [0.15, 0.2) is 0 Å². The van der Waals surface area contributed by atoms with Crippen molar-refractivity contribution in [3.63, 3.8) is 0 Å². The molecule has 1 nitrogen and oxygen atoms in total. The summed E-state index contributed by atoms with van der Waals surface area (Å²) >= 11 is 4.54. The molecule has 0 aromatic carbocycles. The molecule has 3 atom stereocenters. The van der Waals surface area contributed by atoms with Gasteiger partial charge in [-0.05, 0) is 24.2 Å². The lowest BCUT2D eigenvalue weighted by Gasteiger charge is -2.36. The maximum absolute atomic E-state index is 5.49. The fourth-order valence-corrected chi connectivity index (χ4v) is 2.43. The van der Waals surface area contributed by atoms with Gasteiger partial charge in [-0.15, -0.1) is 0 Å². The minimum absolute atomic E-state index is 0.515. The molecule has 12 heavy (non-hydrogen) atoms. The normalized spacial score (nSPS) is 33.8. The molecule has 1 aliphatic rings. The van der Waals surface area contributed by atoms with Crippen LogP contribution in [-0.4, -0.2) is 18.5 Å². The van der Waals surface area contributed by atoms with Crippen molar-refractivity contribution in [3.8, 4) is 0 Å². The van der Waals surface area contributed by atoms with Gasteiger partial charge >= 0.3 is 0 Å². The van der Waals surface area contributed by atoms with Crippen molar-refractivity contribution in [2.24, 2.45) is 17.8 Å². The second-order valence-electron chi connectivity index (χ2n) is 4.18. The van der Waals surface area contributed by atoms with Crippen LogP contribution in [-0.2, 0) is 4.74 Å². The van der Waals surface area contributed by atoms with Crippen LogP contribution in [0.1, 0.15) is 27.2 Å². The Morgan fingerprint density at radius 2 is 1.92 bits per heavy atom. The molecule has 0 amide bonds. The van der Waals surface area contributed by atoms with Crippen LogP contribution < -0.4 is 0 Å². The van der Waals surface area contributed by atoms with Gasteiger partial charge in [0, 0.05) is 18.5 Å². The van der Waals surface area contributed by atoms with Crippen molar-refractivity contribution in [2.45, 2.75) is 32.4 Å². The lowest BCUT2D eigenvalue weighted by molar-refractivity contribution is -0.00137. The first-order valence-corrected chi connectivity index (χ1v) is 5.40. The summed E-state index contributed by atoms with van der Waals surface area (Å²) in [6.45, 7) is 8.63. The fourth-order valence-electron chi connectivity index (χ4n) is 2.06. The summed E-state index contributed by atoms with van der Waals surface area (Å²) in [5.41, 5.74) is 0. The average molecular weight is 188 g/mol. The van der Waals surface area contributed by atoms with Gasteiger partial charge in [-0.1, -0.05) is 20.8 Å². The minimum atomic E-state index is 0.515. The highest BCUT2D eigenvalue weighted by Crippen LogP contribution is 2.32. The zero-order valence-electron chi connectivity index (χ0n) is 8.29. The molecule has 2 heteroatoms. The molecule has 0 aromatic heterocycles. The molecule has 1 rings (SSSR count). The van der Waals surface area contributed by atoms with Crippen molar-refractivity contribution in [2.75, 3.05) is 13.2 Å². The standard InChI is InChI=1S/C10H20OS/c1-7(2)10-6-11-5-4-9(10)8(3)12/h7-10,12H,4-6H2,1-3H3. The van der Waals surface area contributed by atoms with Gasteiger partial charge in [0.2, 0.25) is 0 Å². The van der Waals surface area contributed by atoms with E-state index in [4.69, 9.17) is 4.74 Å². The van der Waals surface area contributed by atoms with Crippen LogP contribution in [0.2, 0.25) is 0 Å². The Morgan fingerprint density at radius 3 is 2.33 bits per heavy atom. The van der Waals surface area contributed by atoms with E-state index in [2.05, 4.69) is 33.4 Å². The summed E-state index contributed by atoms with van der Waals surface area (Å²) in [6, 6.07) is 0. The third kappa shape index (κ3) is 2.40. The number of rotatable bonds is 2. The molecule has 0 radical (unpaired) electrons. The van der Waals surface area contributed by atoms with Crippen molar-refractivity contribution in [1.82, 2.24) is 0 Å². The van der Waals surface area contributed by atoms with E-state index >= 15 is 0 Å². The highest BCUT2D eigenvalue weighted by Gasteiger charge is 2.30. The fraction of sp³-hybridized carbons (Fsp3) is 1.00. The van der Waals surface area contributed by atoms with Gasteiger partial charge < -0.3 is 4.74 Å². The van der Waals surface area contributed by atoms with Crippen LogP contribution in [0.25, 0.3) is 0 Å². The Hall–Kier alpha value is 0.310. The quantitative estimate of drug-likeness (QED) is 0.655. The molecule has 0 aliphatic carbocycles. The largest absolute Gasteiger partial charge is 0.381 e. The Balaban J connectivity index is 2.54. The molecule has 3 unspecified atom stereocenters. The molecule has 72 valence electrons. The lowest BCUT2D eigenvalue weighted by atomic mass is 9.79. The first-order valence-electron chi connectivity index (χ1n) is 4.88. The molecule has 0 bridgehead atoms. The summed E-state index contributed by atoms with van der Waals surface area (Å²) in [4.78, 5) is 0. The second kappa shape index (κ2) is 4.52. The lowest BCUT2D eigenvalue weighted by Crippen LogP contribution is -2.35. The maximum atomic E-state index is 5.49. The molecular weight excluding hydrogens is 168 g/mol. The first-order chi connectivity index (χ1) is 5.63. The van der Waals surface area contributed by atoms with Crippen molar-refractivity contribution < 1.29 is 4.74 Å². The molecule has 1 saturated heterocycles. The van der Waals surface area contributed by atoms with Gasteiger partial charge in [0.1, 0.15) is 0 Å². The summed E-state index contributed by atoms with van der Waals surface area (Å²) in [6.07, 6.45) is 1.19. The van der Waals surface area contributed by atoms with E-state index in [0.29, 0.717) is 11.2 Å². The van der Waals surface area contributed by atoms with E-state index in [0.717, 1.165) is 25.0 Å². The van der Waals surface area contributed by atoms with E-state index in [9.17, 15) is 0 Å². The second-order valence-corrected chi connectivity index (χ2v) is 4.99. The van der Waals surface area contributed by atoms with Gasteiger partial charge in [-0.2, -0.15) is 12.6 Å². The molecular formula is C10H20OS. The molecule has 1 aliphatic heterocycles. The van der Waals surface area contributed by atoms with E-state index in [1.165, 1.54) is 6.42 Å². The maximum Gasteiger partial charge on any atom is 0.0499 e. The van der Waals surface area contributed by atoms with E-state index in [-0.39, 0.29) is 0 Å². The van der Waals surface area contributed by atoms with Gasteiger partial charge in [0.25, 0.3) is 0 Å². The third-order valence-electron chi connectivity index (χ3n) is 2.93. The zero-order valence-corrected chi connectivity index (χ0v) is 9.18. The summed E-state index contributed by atoms with van der Waals surface area (Å²) in [7, 11) is 0. The van der Waals surface area contributed by atoms with Gasteiger partial charge in [-0.3, -0.25) is 0 Å². The molecule has 1 heterocycles. The van der Waals surface area contributed by atoms with E-state index < -0.39 is 0 Å². The summed E-state index contributed by atoms with van der Waals surface area (Å²) < 4.78 is 5.49. The van der Waals surface area contributed by atoms with Crippen LogP contribution in [0.15, 0.2) is 0 Å². The highest BCUT2D eigenvalue weighted by molar-refractivity contribution is 7.80. The average Bonchev–Trinajstić information content (AvgIpc) is 2.04. The monoisotopic (exact) mass is 188 g/mol. The number of thiol groups is 1. The molecule has 1 fully saturated rings. The Kier molecular flexibility index (Phi) is 3.91. The predicted molar refractivity (Wildman–Crippen MR) is 55.7 cm³/mol. The van der Waals surface area contributed by atoms with Crippen molar-refractivity contribution >= 4 is 12.6 Å². The first kappa shape index (κ1) is 10.4.